The molecule has 2 saturated heterocycles. The number of aromatic nitrogens is 1. The number of anilines is 1. The van der Waals surface area contributed by atoms with E-state index in [2.05, 4.69) is 30.0 Å². The fraction of sp³-hybridized carbons (Fsp3) is 0.550. The lowest BCUT2D eigenvalue weighted by molar-refractivity contribution is -0.152. The number of rotatable bonds is 4. The Morgan fingerprint density at radius 2 is 1.96 bits per heavy atom. The lowest BCUT2D eigenvalue weighted by Gasteiger charge is -2.41. The fourth-order valence-corrected chi connectivity index (χ4v) is 4.88. The molecule has 0 bridgehead atoms. The van der Waals surface area contributed by atoms with E-state index < -0.39 is 0 Å². The number of likely N-dealkylation sites (tertiary alicyclic amines) is 1. The van der Waals surface area contributed by atoms with Crippen molar-refractivity contribution in [3.05, 3.63) is 23.8 Å². The summed E-state index contributed by atoms with van der Waals surface area (Å²) in [5, 5.41) is 1.00. The number of aryl methyl sites for hydroxylation is 1. The van der Waals surface area contributed by atoms with Gasteiger partial charge in [0.1, 0.15) is 0 Å². The van der Waals surface area contributed by atoms with E-state index in [1.54, 1.807) is 11.3 Å². The Kier molecular flexibility index (Phi) is 5.04. The van der Waals surface area contributed by atoms with Crippen LogP contribution in [-0.4, -0.2) is 54.5 Å². The molecule has 7 heteroatoms. The van der Waals surface area contributed by atoms with Gasteiger partial charge in [-0.2, -0.15) is 0 Å². The number of thiazole rings is 1. The third kappa shape index (κ3) is 3.65. The van der Waals surface area contributed by atoms with Crippen molar-refractivity contribution in [1.29, 1.82) is 0 Å². The normalized spacial score (nSPS) is 18.6. The number of carbonyl (C=O) groups is 2. The van der Waals surface area contributed by atoms with E-state index in [9.17, 15) is 9.59 Å². The van der Waals surface area contributed by atoms with Crippen molar-refractivity contribution in [3.63, 3.8) is 0 Å². The molecule has 3 heterocycles. The predicted molar refractivity (Wildman–Crippen MR) is 106 cm³/mol. The van der Waals surface area contributed by atoms with Gasteiger partial charge in [-0.25, -0.2) is 4.98 Å². The molecule has 6 nitrogen and oxygen atoms in total. The number of ether oxygens (including phenoxy) is 1. The second kappa shape index (κ2) is 7.46. The summed E-state index contributed by atoms with van der Waals surface area (Å²) in [4.78, 5) is 33.4. The molecule has 27 heavy (non-hydrogen) atoms. The van der Waals surface area contributed by atoms with E-state index in [1.165, 1.54) is 10.3 Å². The van der Waals surface area contributed by atoms with E-state index in [4.69, 9.17) is 9.72 Å². The number of nitrogens with zero attached hydrogens (tertiary/aromatic N) is 3. The second-order valence-corrected chi connectivity index (χ2v) is 8.43. The van der Waals surface area contributed by atoms with Gasteiger partial charge < -0.3 is 14.5 Å². The molecule has 0 N–H and O–H groups in total. The van der Waals surface area contributed by atoms with Crippen molar-refractivity contribution < 1.29 is 14.3 Å². The Morgan fingerprint density at radius 1 is 1.22 bits per heavy atom. The van der Waals surface area contributed by atoms with Gasteiger partial charge >= 0.3 is 5.97 Å². The van der Waals surface area contributed by atoms with Crippen molar-refractivity contribution in [2.24, 2.45) is 11.8 Å². The summed E-state index contributed by atoms with van der Waals surface area (Å²) >= 11 is 1.69. The molecule has 1 amide bonds. The Balaban J connectivity index is 1.30. The highest BCUT2D eigenvalue weighted by molar-refractivity contribution is 7.22. The van der Waals surface area contributed by atoms with Crippen LogP contribution in [0.4, 0.5) is 5.13 Å². The van der Waals surface area contributed by atoms with Crippen LogP contribution in [0.25, 0.3) is 10.2 Å². The minimum atomic E-state index is -0.120. The highest BCUT2D eigenvalue weighted by Crippen LogP contribution is 2.34. The number of esters is 1. The molecule has 0 spiro atoms. The average Bonchev–Trinajstić information content (AvgIpc) is 3.03. The smallest absolute Gasteiger partial charge is 0.309 e. The Labute approximate surface area is 163 Å². The summed E-state index contributed by atoms with van der Waals surface area (Å²) in [6, 6.07) is 6.29. The Bertz CT molecular complexity index is 851. The number of piperidine rings is 1. The molecule has 1 aromatic heterocycles. The number of hydrogen-bond donors (Lipinski definition) is 0. The van der Waals surface area contributed by atoms with Crippen LogP contribution in [0.5, 0.6) is 0 Å². The van der Waals surface area contributed by atoms with Crippen LogP contribution in [0.15, 0.2) is 18.2 Å². The molecule has 144 valence electrons. The first-order valence-corrected chi connectivity index (χ1v) is 10.4. The van der Waals surface area contributed by atoms with E-state index in [-0.39, 0.29) is 23.7 Å². The van der Waals surface area contributed by atoms with Crippen LogP contribution < -0.4 is 4.90 Å². The highest BCUT2D eigenvalue weighted by atomic mass is 32.1. The highest BCUT2D eigenvalue weighted by Gasteiger charge is 2.38. The van der Waals surface area contributed by atoms with Crippen LogP contribution in [0, 0.1) is 18.8 Å². The van der Waals surface area contributed by atoms with Gasteiger partial charge in [-0.3, -0.25) is 9.59 Å². The van der Waals surface area contributed by atoms with E-state index >= 15 is 0 Å². The molecule has 2 aromatic rings. The maximum Gasteiger partial charge on any atom is 0.309 e. The third-order valence-corrected chi connectivity index (χ3v) is 6.54. The first-order chi connectivity index (χ1) is 13.0. The lowest BCUT2D eigenvalue weighted by Crippen LogP contribution is -2.56. The van der Waals surface area contributed by atoms with Crippen molar-refractivity contribution in [3.8, 4) is 0 Å². The molecule has 0 unspecified atom stereocenters. The van der Waals surface area contributed by atoms with Crippen molar-refractivity contribution in [2.75, 3.05) is 37.7 Å². The maximum atomic E-state index is 12.7. The van der Waals surface area contributed by atoms with E-state index in [0.717, 1.165) is 23.7 Å². The number of benzene rings is 1. The molecule has 0 saturated carbocycles. The van der Waals surface area contributed by atoms with Gasteiger partial charge in [-0.05, 0) is 44.4 Å². The molecule has 2 aliphatic heterocycles. The minimum absolute atomic E-state index is 0.0397. The van der Waals surface area contributed by atoms with Crippen LogP contribution >= 0.6 is 11.3 Å². The van der Waals surface area contributed by atoms with Crippen LogP contribution in [0.3, 0.4) is 0 Å². The Morgan fingerprint density at radius 3 is 2.67 bits per heavy atom. The molecule has 0 radical (unpaired) electrons. The van der Waals surface area contributed by atoms with Crippen molar-refractivity contribution in [1.82, 2.24) is 9.88 Å². The molecule has 2 fully saturated rings. The van der Waals surface area contributed by atoms with E-state index in [1.807, 2.05) is 11.8 Å². The molecular formula is C20H25N3O3S. The van der Waals surface area contributed by atoms with Gasteiger partial charge in [-0.15, -0.1) is 0 Å². The zero-order valence-electron chi connectivity index (χ0n) is 15.8. The maximum absolute atomic E-state index is 12.7. The Hall–Kier alpha value is -2.15. The zero-order chi connectivity index (χ0) is 19.0. The van der Waals surface area contributed by atoms with Gasteiger partial charge in [-0.1, -0.05) is 17.4 Å². The summed E-state index contributed by atoms with van der Waals surface area (Å²) in [5.41, 5.74) is 2.26. The average molecular weight is 388 g/mol. The standard InChI is InChI=1S/C20H25N3O3S/c1-3-26-19(25)14-6-8-22(9-7-14)18(24)15-11-23(12-15)20-21-16-5-4-13(2)10-17(16)27-20/h4-5,10,14-15H,3,6-9,11-12H2,1-2H3. The first kappa shape index (κ1) is 18.2. The largest absolute Gasteiger partial charge is 0.466 e. The molecule has 4 rings (SSSR count). The monoisotopic (exact) mass is 387 g/mol. The SMILES string of the molecule is CCOC(=O)C1CCN(C(=O)C2CN(c3nc4ccc(C)cc4s3)C2)CC1. The van der Waals surface area contributed by atoms with Gasteiger partial charge in [0.15, 0.2) is 5.13 Å². The summed E-state index contributed by atoms with van der Waals surface area (Å²) < 4.78 is 6.29. The summed E-state index contributed by atoms with van der Waals surface area (Å²) in [6.45, 7) is 7.10. The quantitative estimate of drug-likeness (QED) is 0.755. The summed E-state index contributed by atoms with van der Waals surface area (Å²) in [7, 11) is 0. The molecule has 0 aliphatic carbocycles. The molecule has 0 atom stereocenters. The van der Waals surface area contributed by atoms with Gasteiger partial charge in [0, 0.05) is 26.2 Å². The molecule has 1 aromatic carbocycles. The van der Waals surface area contributed by atoms with Crippen LogP contribution in [-0.2, 0) is 14.3 Å². The second-order valence-electron chi connectivity index (χ2n) is 7.42. The first-order valence-electron chi connectivity index (χ1n) is 9.62. The zero-order valence-corrected chi connectivity index (χ0v) is 16.6. The van der Waals surface area contributed by atoms with Gasteiger partial charge in [0.05, 0.1) is 28.7 Å². The van der Waals surface area contributed by atoms with Crippen molar-refractivity contribution in [2.45, 2.75) is 26.7 Å². The van der Waals surface area contributed by atoms with Crippen molar-refractivity contribution >= 4 is 38.6 Å². The number of hydrogen-bond acceptors (Lipinski definition) is 6. The van der Waals surface area contributed by atoms with Gasteiger partial charge in [0.2, 0.25) is 5.91 Å². The van der Waals surface area contributed by atoms with Gasteiger partial charge in [0.25, 0.3) is 0 Å². The third-order valence-electron chi connectivity index (χ3n) is 5.46. The lowest BCUT2D eigenvalue weighted by atomic mass is 9.93. The summed E-state index contributed by atoms with van der Waals surface area (Å²) in [6.07, 6.45) is 1.41. The molecule has 2 aliphatic rings. The fourth-order valence-electron chi connectivity index (χ4n) is 3.80. The number of amides is 1. The van der Waals surface area contributed by atoms with Crippen LogP contribution in [0.1, 0.15) is 25.3 Å². The summed E-state index contributed by atoms with van der Waals surface area (Å²) in [5.74, 6) is 0.0759. The minimum Gasteiger partial charge on any atom is -0.466 e. The number of carbonyl (C=O) groups excluding carboxylic acids is 2. The topological polar surface area (TPSA) is 62.7 Å². The predicted octanol–water partition coefficient (Wildman–Crippen LogP) is 2.84. The number of fused-ring (bicyclic) bond motifs is 1. The van der Waals surface area contributed by atoms with Crippen LogP contribution in [0.2, 0.25) is 0 Å². The molecular weight excluding hydrogens is 362 g/mol. The van der Waals surface area contributed by atoms with E-state index in [0.29, 0.717) is 32.5 Å².